The third-order valence-corrected chi connectivity index (χ3v) is 2.57. The van der Waals surface area contributed by atoms with Crippen molar-refractivity contribution in [1.82, 2.24) is 0 Å². The smallest absolute Gasteiger partial charge is 0.320 e. The van der Waals surface area contributed by atoms with Gasteiger partial charge in [-0.1, -0.05) is 0 Å². The van der Waals surface area contributed by atoms with Gasteiger partial charge in [0.05, 0.1) is 0 Å². The molecule has 0 aromatic heterocycles. The van der Waals surface area contributed by atoms with Crippen LogP contribution in [0.5, 0.6) is 0 Å². The number of nitrogens with zero attached hydrogens (tertiary/aromatic N) is 2. The van der Waals surface area contributed by atoms with E-state index in [1.54, 1.807) is 0 Å². The van der Waals surface area contributed by atoms with Gasteiger partial charge in [0.2, 0.25) is 0 Å². The second-order valence-electron chi connectivity index (χ2n) is 4.79. The van der Waals surface area contributed by atoms with E-state index in [0.717, 1.165) is 0 Å². The molecule has 0 aromatic rings. The molecule has 0 aliphatic rings. The Morgan fingerprint density at radius 1 is 0.760 bits per heavy atom. The zero-order valence-corrected chi connectivity index (χ0v) is 17.1. The van der Waals surface area contributed by atoms with E-state index >= 15 is 0 Å². The summed E-state index contributed by atoms with van der Waals surface area (Å²) in [5.41, 5.74) is 30.6. The topological polar surface area (TPSA) is 255 Å². The molecule has 0 radical (unpaired) electrons. The second-order valence-corrected chi connectivity index (χ2v) is 4.79. The van der Waals surface area contributed by atoms with E-state index in [-0.39, 0.29) is 31.4 Å². The second kappa shape index (κ2) is 16.9. The molecule has 0 saturated carbocycles. The van der Waals surface area contributed by atoms with Gasteiger partial charge in [-0.25, -0.2) is 0 Å². The van der Waals surface area contributed by atoms with E-state index in [2.05, 4.69) is 9.98 Å². The maximum absolute atomic E-state index is 10.2. The Hall–Kier alpha value is -1.98. The van der Waals surface area contributed by atoms with Gasteiger partial charge in [-0.15, -0.1) is 0 Å². The Morgan fingerprint density at radius 2 is 1.04 bits per heavy atom. The quantitative estimate of drug-likeness (QED) is 0.0773. The number of nitrogens with two attached hydrogens (primary N) is 6. The molecule has 0 aromatic carbocycles. The summed E-state index contributed by atoms with van der Waals surface area (Å²) in [6.45, 7) is 0.840. The Bertz CT molecular complexity index is 399. The van der Waals surface area contributed by atoms with Crippen LogP contribution in [0.4, 0.5) is 0 Å². The van der Waals surface area contributed by atoms with Crippen LogP contribution in [0, 0.1) is 0 Å². The van der Waals surface area contributed by atoms with Crippen molar-refractivity contribution in [3.05, 3.63) is 0 Å². The van der Waals surface area contributed by atoms with Crippen LogP contribution < -0.4 is 34.4 Å². The molecule has 0 heterocycles. The SMILES string of the molecule is NC(N)=NCCC[C@H](N)C(=O)O.NC(N)=NCCC[C@H](N)C(=O)O.[Zn]. The molecule has 0 rings (SSSR count). The minimum absolute atomic E-state index is 0. The van der Waals surface area contributed by atoms with Crippen molar-refractivity contribution < 1.29 is 39.3 Å². The number of carboxylic acid groups (broad SMARTS) is 2. The van der Waals surface area contributed by atoms with Gasteiger partial charge in [0.15, 0.2) is 11.9 Å². The molecule has 13 heteroatoms. The molecule has 0 bridgehead atoms. The molecule has 0 fully saturated rings. The molecule has 0 amide bonds. The number of aliphatic imine (C=N–C) groups is 2. The third kappa shape index (κ3) is 22.0. The van der Waals surface area contributed by atoms with Crippen molar-refractivity contribution in [2.45, 2.75) is 37.8 Å². The van der Waals surface area contributed by atoms with Crippen molar-refractivity contribution in [3.8, 4) is 0 Å². The van der Waals surface area contributed by atoms with E-state index in [1.807, 2.05) is 0 Å². The fourth-order valence-corrected chi connectivity index (χ4v) is 1.29. The molecule has 0 spiro atoms. The fraction of sp³-hybridized carbons (Fsp3) is 0.667. The molecule has 0 saturated heterocycles. The van der Waals surface area contributed by atoms with Crippen LogP contribution in [0.2, 0.25) is 0 Å². The number of hydrogen-bond donors (Lipinski definition) is 8. The summed E-state index contributed by atoms with van der Waals surface area (Å²) in [6, 6.07) is -1.64. The number of rotatable bonds is 10. The van der Waals surface area contributed by atoms with E-state index in [9.17, 15) is 9.59 Å². The fourth-order valence-electron chi connectivity index (χ4n) is 1.29. The van der Waals surface area contributed by atoms with Crippen LogP contribution >= 0.6 is 0 Å². The average Bonchev–Trinajstić information content (AvgIpc) is 2.47. The molecular formula is C12H28N8O4Zn. The van der Waals surface area contributed by atoms with Crippen molar-refractivity contribution in [2.24, 2.45) is 44.4 Å². The normalized spacial score (nSPS) is 11.6. The average molecular weight is 414 g/mol. The number of aliphatic carboxylic acids is 2. The standard InChI is InChI=1S/2C6H14N4O2.Zn/c2*7-4(5(11)12)2-1-3-10-6(8)9;/h2*4H,1-3,7H2,(H,11,12)(H4,8,9,10);/t2*4-;/m00./s1. The minimum Gasteiger partial charge on any atom is -0.480 e. The number of carboxylic acids is 2. The van der Waals surface area contributed by atoms with Gasteiger partial charge in [-0.05, 0) is 25.7 Å². The van der Waals surface area contributed by atoms with Gasteiger partial charge in [-0.3, -0.25) is 19.6 Å². The number of hydrogen-bond acceptors (Lipinski definition) is 6. The molecule has 0 unspecified atom stereocenters. The number of guanidine groups is 2. The Morgan fingerprint density at radius 3 is 1.24 bits per heavy atom. The molecule has 14 N–H and O–H groups in total. The van der Waals surface area contributed by atoms with Crippen LogP contribution in [0.15, 0.2) is 9.98 Å². The number of carbonyl (C=O) groups is 2. The third-order valence-electron chi connectivity index (χ3n) is 2.57. The summed E-state index contributed by atoms with van der Waals surface area (Å²) in [5.74, 6) is -1.97. The van der Waals surface area contributed by atoms with Crippen molar-refractivity contribution >= 4 is 23.9 Å². The van der Waals surface area contributed by atoms with Crippen LogP contribution in [-0.4, -0.2) is 59.2 Å². The van der Waals surface area contributed by atoms with Gasteiger partial charge >= 0.3 is 11.9 Å². The van der Waals surface area contributed by atoms with Crippen LogP contribution in [0.3, 0.4) is 0 Å². The predicted octanol–water partition coefficient (Wildman–Crippen LogP) is -3.10. The van der Waals surface area contributed by atoms with E-state index in [1.165, 1.54) is 0 Å². The molecule has 0 aliphatic heterocycles. The van der Waals surface area contributed by atoms with Gasteiger partial charge in [0.1, 0.15) is 12.1 Å². The summed E-state index contributed by atoms with van der Waals surface area (Å²) >= 11 is 0. The summed E-state index contributed by atoms with van der Waals surface area (Å²) in [6.07, 6.45) is 1.91. The first-order valence-electron chi connectivity index (χ1n) is 7.15. The summed E-state index contributed by atoms with van der Waals surface area (Å²) in [4.78, 5) is 27.8. The Kier molecular flexibility index (Phi) is 18.8. The zero-order chi connectivity index (χ0) is 19.1. The largest absolute Gasteiger partial charge is 0.480 e. The van der Waals surface area contributed by atoms with Crippen LogP contribution in [0.25, 0.3) is 0 Å². The van der Waals surface area contributed by atoms with Gasteiger partial charge < -0.3 is 44.6 Å². The summed E-state index contributed by atoms with van der Waals surface area (Å²) in [7, 11) is 0. The molecule has 12 nitrogen and oxygen atoms in total. The Balaban J connectivity index is -0.000000372. The molecule has 0 aliphatic carbocycles. The van der Waals surface area contributed by atoms with Crippen molar-refractivity contribution in [2.75, 3.05) is 13.1 Å². The minimum atomic E-state index is -1.00. The van der Waals surface area contributed by atoms with E-state index in [4.69, 9.17) is 44.6 Å². The summed E-state index contributed by atoms with van der Waals surface area (Å²) in [5, 5.41) is 16.8. The van der Waals surface area contributed by atoms with Gasteiger partial charge in [0, 0.05) is 32.6 Å². The molecule has 2 atom stereocenters. The maximum Gasteiger partial charge on any atom is 0.320 e. The first-order valence-corrected chi connectivity index (χ1v) is 7.15. The van der Waals surface area contributed by atoms with E-state index < -0.39 is 24.0 Å². The first kappa shape index (κ1) is 27.9. The molecule has 25 heavy (non-hydrogen) atoms. The summed E-state index contributed by atoms with van der Waals surface area (Å²) < 4.78 is 0. The maximum atomic E-state index is 10.2. The van der Waals surface area contributed by atoms with Crippen LogP contribution in [0.1, 0.15) is 25.7 Å². The first-order chi connectivity index (χ1) is 11.1. The monoisotopic (exact) mass is 412 g/mol. The van der Waals surface area contributed by atoms with Gasteiger partial charge in [-0.2, -0.15) is 0 Å². The van der Waals surface area contributed by atoms with E-state index in [0.29, 0.717) is 38.8 Å². The molecule has 142 valence electrons. The van der Waals surface area contributed by atoms with Gasteiger partial charge in [0.25, 0.3) is 0 Å². The van der Waals surface area contributed by atoms with Crippen molar-refractivity contribution in [1.29, 1.82) is 0 Å². The van der Waals surface area contributed by atoms with Crippen molar-refractivity contribution in [3.63, 3.8) is 0 Å². The zero-order valence-electron chi connectivity index (χ0n) is 14.2. The molecular weight excluding hydrogens is 386 g/mol. The Labute approximate surface area is 158 Å². The predicted molar refractivity (Wildman–Crippen MR) is 91.0 cm³/mol. The van der Waals surface area contributed by atoms with Crippen LogP contribution in [-0.2, 0) is 29.1 Å².